The molecule has 0 amide bonds. The highest BCUT2D eigenvalue weighted by Crippen LogP contribution is 2.23. The van der Waals surface area contributed by atoms with Crippen LogP contribution in [0.25, 0.3) is 10.9 Å². The van der Waals surface area contributed by atoms with E-state index in [-0.39, 0.29) is 0 Å². The second kappa shape index (κ2) is 5.21. The van der Waals surface area contributed by atoms with Crippen LogP contribution in [0, 0.1) is 6.92 Å². The van der Waals surface area contributed by atoms with Crippen molar-refractivity contribution < 1.29 is 0 Å². The summed E-state index contributed by atoms with van der Waals surface area (Å²) in [6.45, 7) is 2.76. The number of pyridine rings is 1. The minimum absolute atomic E-state index is 0.748. The van der Waals surface area contributed by atoms with Crippen molar-refractivity contribution in [2.45, 2.75) is 13.5 Å². The molecule has 3 aromatic rings. The van der Waals surface area contributed by atoms with Crippen LogP contribution in [-0.4, -0.2) is 4.98 Å². The van der Waals surface area contributed by atoms with Crippen LogP contribution >= 0.6 is 0 Å². The number of fused-ring (bicyclic) bond motifs is 1. The van der Waals surface area contributed by atoms with E-state index in [0.29, 0.717) is 0 Å². The van der Waals surface area contributed by atoms with E-state index in [1.165, 1.54) is 5.56 Å². The van der Waals surface area contributed by atoms with Gasteiger partial charge >= 0.3 is 0 Å². The van der Waals surface area contributed by atoms with Crippen molar-refractivity contribution in [3.63, 3.8) is 0 Å². The van der Waals surface area contributed by atoms with Crippen LogP contribution in [0.3, 0.4) is 0 Å². The second-order valence-corrected chi connectivity index (χ2v) is 4.93. The molecule has 0 bridgehead atoms. The van der Waals surface area contributed by atoms with E-state index in [0.717, 1.165) is 34.5 Å². The van der Waals surface area contributed by atoms with Crippen LogP contribution in [0.1, 0.15) is 11.3 Å². The van der Waals surface area contributed by atoms with Crippen molar-refractivity contribution in [2.24, 2.45) is 0 Å². The number of hydrogen-bond donors (Lipinski definition) is 2. The van der Waals surface area contributed by atoms with Gasteiger partial charge in [-0.1, -0.05) is 30.3 Å². The number of nitrogens with one attached hydrogen (secondary N) is 1. The number of nitrogens with zero attached hydrogens (tertiary/aromatic N) is 1. The van der Waals surface area contributed by atoms with E-state index >= 15 is 0 Å². The molecule has 0 aliphatic carbocycles. The van der Waals surface area contributed by atoms with Gasteiger partial charge in [0, 0.05) is 29.0 Å². The highest BCUT2D eigenvalue weighted by Gasteiger charge is 2.03. The summed E-state index contributed by atoms with van der Waals surface area (Å²) in [6, 6.07) is 18.2. The molecule has 0 unspecified atom stereocenters. The zero-order valence-corrected chi connectivity index (χ0v) is 11.4. The van der Waals surface area contributed by atoms with Crippen molar-refractivity contribution in [3.05, 3.63) is 65.9 Å². The van der Waals surface area contributed by atoms with Gasteiger partial charge in [0.05, 0.1) is 5.52 Å². The minimum Gasteiger partial charge on any atom is -0.399 e. The lowest BCUT2D eigenvalue weighted by molar-refractivity contribution is 1.14. The summed E-state index contributed by atoms with van der Waals surface area (Å²) in [5.41, 5.74) is 10.9. The number of nitrogens with two attached hydrogens (primary N) is 1. The summed E-state index contributed by atoms with van der Waals surface area (Å²) in [5, 5.41) is 4.62. The fourth-order valence-corrected chi connectivity index (χ4v) is 2.35. The molecule has 0 fully saturated rings. The number of hydrogen-bond acceptors (Lipinski definition) is 3. The summed E-state index contributed by atoms with van der Waals surface area (Å²) in [7, 11) is 0. The standard InChI is InChI=1S/C17H17N3/c1-12-9-17(15-7-2-3-8-16(15)20-12)19-11-13-5-4-6-14(18)10-13/h2-10H,11,18H2,1H3,(H,19,20). The average molecular weight is 263 g/mol. The van der Waals surface area contributed by atoms with Crippen molar-refractivity contribution in [2.75, 3.05) is 11.1 Å². The Kier molecular flexibility index (Phi) is 3.25. The summed E-state index contributed by atoms with van der Waals surface area (Å²) in [6.07, 6.45) is 0. The van der Waals surface area contributed by atoms with Crippen LogP contribution < -0.4 is 11.1 Å². The van der Waals surface area contributed by atoms with Crippen molar-refractivity contribution in [1.29, 1.82) is 0 Å². The molecule has 0 aliphatic rings. The Morgan fingerprint density at radius 3 is 2.75 bits per heavy atom. The van der Waals surface area contributed by atoms with Gasteiger partial charge in [-0.25, -0.2) is 0 Å². The minimum atomic E-state index is 0.748. The van der Waals surface area contributed by atoms with Gasteiger partial charge in [-0.05, 0) is 36.8 Å². The van der Waals surface area contributed by atoms with E-state index < -0.39 is 0 Å². The molecule has 2 aromatic carbocycles. The summed E-state index contributed by atoms with van der Waals surface area (Å²) in [4.78, 5) is 4.55. The van der Waals surface area contributed by atoms with Crippen LogP contribution in [0.5, 0.6) is 0 Å². The van der Waals surface area contributed by atoms with Gasteiger partial charge in [-0.3, -0.25) is 4.98 Å². The SMILES string of the molecule is Cc1cc(NCc2cccc(N)c2)c2ccccc2n1. The van der Waals surface area contributed by atoms with Gasteiger partial charge in [-0.15, -0.1) is 0 Å². The summed E-state index contributed by atoms with van der Waals surface area (Å²) >= 11 is 0. The molecule has 1 aromatic heterocycles. The van der Waals surface area contributed by atoms with Crippen molar-refractivity contribution >= 4 is 22.3 Å². The smallest absolute Gasteiger partial charge is 0.0725 e. The van der Waals surface area contributed by atoms with Crippen LogP contribution in [-0.2, 0) is 6.54 Å². The Bertz CT molecular complexity index is 750. The molecular formula is C17H17N3. The number of benzene rings is 2. The van der Waals surface area contributed by atoms with E-state index in [1.54, 1.807) is 0 Å². The van der Waals surface area contributed by atoms with Crippen molar-refractivity contribution in [1.82, 2.24) is 4.98 Å². The molecule has 0 atom stereocenters. The highest BCUT2D eigenvalue weighted by atomic mass is 14.9. The van der Waals surface area contributed by atoms with Crippen molar-refractivity contribution in [3.8, 4) is 0 Å². The lowest BCUT2D eigenvalue weighted by Crippen LogP contribution is -2.01. The number of aryl methyl sites for hydroxylation is 1. The number of nitrogen functional groups attached to an aromatic ring is 1. The quantitative estimate of drug-likeness (QED) is 0.708. The number of rotatable bonds is 3. The summed E-state index contributed by atoms with van der Waals surface area (Å²) < 4.78 is 0. The Morgan fingerprint density at radius 2 is 1.90 bits per heavy atom. The highest BCUT2D eigenvalue weighted by molar-refractivity contribution is 5.91. The first-order valence-corrected chi connectivity index (χ1v) is 6.67. The van der Waals surface area contributed by atoms with Gasteiger partial charge in [-0.2, -0.15) is 0 Å². The Balaban J connectivity index is 1.91. The maximum atomic E-state index is 5.80. The van der Waals surface area contributed by atoms with Crippen LogP contribution in [0.15, 0.2) is 54.6 Å². The third-order valence-electron chi connectivity index (χ3n) is 3.28. The molecule has 0 spiro atoms. The lowest BCUT2D eigenvalue weighted by Gasteiger charge is -2.11. The average Bonchev–Trinajstić information content (AvgIpc) is 2.44. The van der Waals surface area contributed by atoms with Crippen LogP contribution in [0.4, 0.5) is 11.4 Å². The second-order valence-electron chi connectivity index (χ2n) is 4.93. The van der Waals surface area contributed by atoms with Crippen LogP contribution in [0.2, 0.25) is 0 Å². The number of anilines is 2. The molecule has 3 rings (SSSR count). The molecule has 100 valence electrons. The predicted octanol–water partition coefficient (Wildman–Crippen LogP) is 3.74. The van der Waals surface area contributed by atoms with Gasteiger partial charge < -0.3 is 11.1 Å². The molecule has 1 heterocycles. The molecule has 0 aliphatic heterocycles. The molecule has 0 saturated carbocycles. The molecule has 0 radical (unpaired) electrons. The first-order valence-electron chi connectivity index (χ1n) is 6.67. The number of aromatic nitrogens is 1. The monoisotopic (exact) mass is 263 g/mol. The first kappa shape index (κ1) is 12.5. The predicted molar refractivity (Wildman–Crippen MR) is 84.7 cm³/mol. The third kappa shape index (κ3) is 2.57. The zero-order chi connectivity index (χ0) is 13.9. The van der Waals surface area contributed by atoms with E-state index in [2.05, 4.69) is 28.5 Å². The Morgan fingerprint density at radius 1 is 1.05 bits per heavy atom. The molecule has 3 nitrogen and oxygen atoms in total. The molecule has 3 heteroatoms. The van der Waals surface area contributed by atoms with E-state index in [4.69, 9.17) is 5.73 Å². The molecule has 20 heavy (non-hydrogen) atoms. The maximum Gasteiger partial charge on any atom is 0.0725 e. The topological polar surface area (TPSA) is 50.9 Å². The summed E-state index contributed by atoms with van der Waals surface area (Å²) in [5.74, 6) is 0. The zero-order valence-electron chi connectivity index (χ0n) is 11.4. The normalized spacial score (nSPS) is 10.7. The fourth-order valence-electron chi connectivity index (χ4n) is 2.35. The van der Waals surface area contributed by atoms with Gasteiger partial charge in [0.25, 0.3) is 0 Å². The van der Waals surface area contributed by atoms with Gasteiger partial charge in [0.15, 0.2) is 0 Å². The Labute approximate surface area is 118 Å². The molecule has 3 N–H and O–H groups in total. The fraction of sp³-hybridized carbons (Fsp3) is 0.118. The first-order chi connectivity index (χ1) is 9.72. The van der Waals surface area contributed by atoms with E-state index in [1.807, 2.05) is 43.3 Å². The number of para-hydroxylation sites is 1. The van der Waals surface area contributed by atoms with E-state index in [9.17, 15) is 0 Å². The third-order valence-corrected chi connectivity index (χ3v) is 3.28. The van der Waals surface area contributed by atoms with Gasteiger partial charge in [0.2, 0.25) is 0 Å². The largest absolute Gasteiger partial charge is 0.399 e. The Hall–Kier alpha value is -2.55. The maximum absolute atomic E-state index is 5.80. The molecular weight excluding hydrogens is 246 g/mol. The lowest BCUT2D eigenvalue weighted by atomic mass is 10.1. The molecule has 0 saturated heterocycles. The van der Waals surface area contributed by atoms with Gasteiger partial charge in [0.1, 0.15) is 0 Å².